The number of hydrogen-bond acceptors (Lipinski definition) is 7. The van der Waals surface area contributed by atoms with Crippen molar-refractivity contribution in [1.29, 1.82) is 0 Å². The highest BCUT2D eigenvalue weighted by Gasteiger charge is 2.81. The van der Waals surface area contributed by atoms with Gasteiger partial charge < -0.3 is 29.9 Å². The summed E-state index contributed by atoms with van der Waals surface area (Å²) in [4.78, 5) is 45.3. The van der Waals surface area contributed by atoms with Crippen LogP contribution in [-0.2, 0) is 19.8 Å². The predicted octanol–water partition coefficient (Wildman–Crippen LogP) is 0.797. The van der Waals surface area contributed by atoms with Crippen LogP contribution in [0.3, 0.4) is 0 Å². The van der Waals surface area contributed by atoms with Crippen molar-refractivity contribution in [2.75, 3.05) is 25.1 Å². The molecule has 5 atom stereocenters. The topological polar surface area (TPSA) is 131 Å². The molecular weight excluding hydrogens is 478 g/mol. The molecule has 5 rings (SSSR count). The van der Waals surface area contributed by atoms with Crippen LogP contribution in [-0.4, -0.2) is 86.6 Å². The van der Waals surface area contributed by atoms with Crippen LogP contribution in [0.5, 0.6) is 5.75 Å². The number of piperazine rings is 1. The zero-order valence-corrected chi connectivity index (χ0v) is 21.7. The molecule has 3 N–H and O–H groups in total. The van der Waals surface area contributed by atoms with Crippen LogP contribution < -0.4 is 9.64 Å². The number of ether oxygens (including phenoxy) is 1. The number of methoxy groups -OCH3 is 1. The average molecular weight is 512 g/mol. The molecule has 1 aromatic carbocycles. The van der Waals surface area contributed by atoms with Crippen molar-refractivity contribution in [3.05, 3.63) is 47.1 Å². The lowest BCUT2D eigenvalue weighted by molar-refractivity contribution is -0.234. The van der Waals surface area contributed by atoms with Crippen LogP contribution >= 0.6 is 0 Å². The summed E-state index contributed by atoms with van der Waals surface area (Å²) in [5.41, 5.74) is -4.30. The van der Waals surface area contributed by atoms with Crippen molar-refractivity contribution in [3.63, 3.8) is 0 Å². The number of aliphatic hydroxyl groups excluding tert-OH is 1. The largest absolute Gasteiger partial charge is 0.497 e. The molecule has 0 aliphatic carbocycles. The Kier molecular flexibility index (Phi) is 5.60. The monoisotopic (exact) mass is 511 g/mol. The number of rotatable bonds is 4. The quantitative estimate of drug-likeness (QED) is 0.510. The van der Waals surface area contributed by atoms with Gasteiger partial charge in [-0.15, -0.1) is 0 Å². The van der Waals surface area contributed by atoms with Crippen LogP contribution in [0, 0.1) is 0 Å². The van der Waals surface area contributed by atoms with Crippen LogP contribution in [0.1, 0.15) is 46.1 Å². The molecule has 4 aliphatic heterocycles. The van der Waals surface area contributed by atoms with Gasteiger partial charge in [0.2, 0.25) is 17.4 Å². The van der Waals surface area contributed by atoms with Gasteiger partial charge in [-0.2, -0.15) is 0 Å². The summed E-state index contributed by atoms with van der Waals surface area (Å²) in [7, 11) is 1.50. The Morgan fingerprint density at radius 2 is 1.78 bits per heavy atom. The van der Waals surface area contributed by atoms with Crippen LogP contribution in [0.15, 0.2) is 41.5 Å². The second-order valence-corrected chi connectivity index (χ2v) is 10.8. The highest BCUT2D eigenvalue weighted by atomic mass is 16.5. The summed E-state index contributed by atoms with van der Waals surface area (Å²) in [5, 5.41) is 35.2. The number of benzene rings is 1. The Bertz CT molecular complexity index is 1270. The van der Waals surface area contributed by atoms with Gasteiger partial charge in [-0.1, -0.05) is 29.4 Å². The molecule has 3 fully saturated rings. The molecule has 0 saturated carbocycles. The number of anilines is 1. The molecule has 3 saturated heterocycles. The lowest BCUT2D eigenvalue weighted by Crippen LogP contribution is -2.76. The van der Waals surface area contributed by atoms with E-state index < -0.39 is 46.7 Å². The first-order chi connectivity index (χ1) is 17.4. The molecule has 3 amide bonds. The molecule has 0 unspecified atom stereocenters. The fraction of sp³-hybridized carbons (Fsp3) is 0.519. The number of allylic oxidation sites excluding steroid dienone is 2. The first kappa shape index (κ1) is 25.4. The van der Waals surface area contributed by atoms with E-state index in [1.165, 1.54) is 12.0 Å². The van der Waals surface area contributed by atoms with E-state index in [4.69, 9.17) is 4.74 Å². The van der Waals surface area contributed by atoms with Gasteiger partial charge in [0.1, 0.15) is 17.3 Å². The van der Waals surface area contributed by atoms with Crippen molar-refractivity contribution < 1.29 is 34.4 Å². The van der Waals surface area contributed by atoms with Crippen molar-refractivity contribution in [2.24, 2.45) is 0 Å². The van der Waals surface area contributed by atoms with Gasteiger partial charge in [0.25, 0.3) is 11.8 Å². The maximum Gasteiger partial charge on any atom is 0.281 e. The van der Waals surface area contributed by atoms with Crippen LogP contribution in [0.25, 0.3) is 0 Å². The minimum absolute atomic E-state index is 0.00319. The van der Waals surface area contributed by atoms with Gasteiger partial charge in [0, 0.05) is 25.6 Å². The van der Waals surface area contributed by atoms with Crippen molar-refractivity contribution in [2.45, 2.75) is 69.5 Å². The maximum atomic E-state index is 14.5. The van der Waals surface area contributed by atoms with Crippen LogP contribution in [0.4, 0.5) is 5.69 Å². The fourth-order valence-electron chi connectivity index (χ4n) is 6.40. The Morgan fingerprint density at radius 1 is 1.08 bits per heavy atom. The van der Waals surface area contributed by atoms with E-state index in [0.717, 1.165) is 15.4 Å². The third-order valence-corrected chi connectivity index (χ3v) is 8.11. The van der Waals surface area contributed by atoms with Gasteiger partial charge in [0.05, 0.1) is 18.8 Å². The molecule has 0 bridgehead atoms. The SMILES string of the molecule is COc1ccc2c(c1)N(CC=C(C)C)C(=O)[C@]21[C@H](C=C(C)C)N2C(=O)[C@]3(O)CCCN3C(=O)[C@]2(O)[C@H]1O. The van der Waals surface area contributed by atoms with Gasteiger partial charge in [0.15, 0.2) is 0 Å². The fourth-order valence-corrected chi connectivity index (χ4v) is 6.40. The van der Waals surface area contributed by atoms with E-state index in [1.807, 2.05) is 19.9 Å². The Hall–Kier alpha value is -3.21. The van der Waals surface area contributed by atoms with Crippen molar-refractivity contribution in [3.8, 4) is 5.75 Å². The molecule has 0 aromatic heterocycles. The van der Waals surface area contributed by atoms with E-state index in [-0.39, 0.29) is 19.5 Å². The molecule has 10 heteroatoms. The minimum Gasteiger partial charge on any atom is -0.497 e. The minimum atomic E-state index is -2.75. The lowest BCUT2D eigenvalue weighted by Gasteiger charge is -2.49. The van der Waals surface area contributed by atoms with E-state index >= 15 is 0 Å². The molecule has 10 nitrogen and oxygen atoms in total. The number of carbonyl (C=O) groups is 3. The summed E-state index contributed by atoms with van der Waals surface area (Å²) in [6.45, 7) is 7.55. The number of fused-ring (bicyclic) bond motifs is 4. The smallest absolute Gasteiger partial charge is 0.281 e. The third-order valence-electron chi connectivity index (χ3n) is 8.11. The number of hydrogen-bond donors (Lipinski definition) is 3. The number of amides is 3. The summed E-state index contributed by atoms with van der Waals surface area (Å²) >= 11 is 0. The summed E-state index contributed by atoms with van der Waals surface area (Å²) < 4.78 is 5.39. The summed E-state index contributed by atoms with van der Waals surface area (Å²) in [6, 6.07) is 3.71. The first-order valence-electron chi connectivity index (χ1n) is 12.4. The van der Waals surface area contributed by atoms with Gasteiger partial charge in [-0.3, -0.25) is 19.3 Å². The lowest BCUT2D eigenvalue weighted by atomic mass is 9.71. The van der Waals surface area contributed by atoms with E-state index in [0.29, 0.717) is 29.0 Å². The van der Waals surface area contributed by atoms with Crippen molar-refractivity contribution >= 4 is 23.4 Å². The molecule has 0 radical (unpaired) electrons. The first-order valence-corrected chi connectivity index (χ1v) is 12.4. The molecule has 37 heavy (non-hydrogen) atoms. The standard InChI is InChI=1S/C27H33N3O7/c1-15(2)9-12-28-19-14-17(37-5)7-8-18(19)26(23(28)33)20(13-16(3)4)30-22(32)25(35)10-6-11-29(25)24(34)27(30,36)21(26)31/h7-9,13-14,20-21,31,35-36H,6,10-12H2,1-5H3/t20-,21-,25+,26-,27+/m0/s1. The molecule has 4 aliphatic rings. The second kappa shape index (κ2) is 8.14. The third kappa shape index (κ3) is 3.00. The Balaban J connectivity index is 1.81. The van der Waals surface area contributed by atoms with Crippen molar-refractivity contribution in [1.82, 2.24) is 9.80 Å². The Morgan fingerprint density at radius 3 is 2.41 bits per heavy atom. The molecule has 1 aromatic rings. The highest BCUT2D eigenvalue weighted by Crippen LogP contribution is 2.59. The van der Waals surface area contributed by atoms with Crippen LogP contribution in [0.2, 0.25) is 0 Å². The maximum absolute atomic E-state index is 14.5. The highest BCUT2D eigenvalue weighted by molar-refractivity contribution is 6.13. The van der Waals surface area contributed by atoms with E-state index in [2.05, 4.69) is 0 Å². The Labute approximate surface area is 215 Å². The zero-order chi connectivity index (χ0) is 27.1. The van der Waals surface area contributed by atoms with Gasteiger partial charge in [-0.05, 0) is 45.7 Å². The van der Waals surface area contributed by atoms with Gasteiger partial charge >= 0.3 is 0 Å². The normalized spacial score (nSPS) is 34.1. The molecule has 198 valence electrons. The van der Waals surface area contributed by atoms with E-state index in [1.54, 1.807) is 38.1 Å². The zero-order valence-electron chi connectivity index (χ0n) is 21.7. The van der Waals surface area contributed by atoms with E-state index in [9.17, 15) is 29.7 Å². The number of carbonyl (C=O) groups excluding carboxylic acids is 3. The average Bonchev–Trinajstić information content (AvgIpc) is 3.42. The predicted molar refractivity (Wildman–Crippen MR) is 133 cm³/mol. The molecular formula is C27H33N3O7. The second-order valence-electron chi connectivity index (χ2n) is 10.8. The summed E-state index contributed by atoms with van der Waals surface area (Å²) in [5.74, 6) is -1.97. The molecule has 4 heterocycles. The summed E-state index contributed by atoms with van der Waals surface area (Å²) in [6.07, 6.45) is 1.83. The number of aliphatic hydroxyl groups is 3. The van der Waals surface area contributed by atoms with Gasteiger partial charge in [-0.25, -0.2) is 0 Å². The molecule has 1 spiro atoms. The number of nitrogens with zero attached hydrogens (tertiary/aromatic N) is 3.